The molecule has 2 aromatic carbocycles. The van der Waals surface area contributed by atoms with E-state index < -0.39 is 127 Å². The van der Waals surface area contributed by atoms with Crippen molar-refractivity contribution in [2.24, 2.45) is 28.9 Å². The number of carboxylic acid groups (broad SMARTS) is 2. The second-order valence-electron chi connectivity index (χ2n) is 16.9. The largest absolute Gasteiger partial charge is 0.508 e. The van der Waals surface area contributed by atoms with Gasteiger partial charge in [0.15, 0.2) is 0 Å². The number of carboxylic acids is 2. The van der Waals surface area contributed by atoms with Gasteiger partial charge in [-0.15, -0.1) is 0 Å². The SMILES string of the molecule is CC[C@H](C)[C@H](NC(=O)[C@H](Cc1ccc(O)cc1)NC(=O)[C@H](CCC(N)=O)NC(=O)[C@H](CCC(=O)O)NC(=O)[C@H](Cc1ccc(O)cc1)NC(=O)[C@@H](N)CCCCN)C(=O)N[C@@H](CCCCN)C(=O)O. The predicted octanol–water partition coefficient (Wildman–Crippen LogP) is -1.36. The smallest absolute Gasteiger partial charge is 0.326 e. The van der Waals surface area contributed by atoms with Gasteiger partial charge >= 0.3 is 11.9 Å². The van der Waals surface area contributed by atoms with Crippen LogP contribution in [0.3, 0.4) is 0 Å². The molecule has 2 aromatic rings. The molecule has 0 radical (unpaired) electrons. The van der Waals surface area contributed by atoms with E-state index in [9.17, 15) is 63.6 Å². The van der Waals surface area contributed by atoms with Gasteiger partial charge in [-0.05, 0) is 99.3 Å². The van der Waals surface area contributed by atoms with Crippen LogP contribution in [0.25, 0.3) is 0 Å². The Morgan fingerprint density at radius 2 is 0.928 bits per heavy atom. The molecule has 7 amide bonds. The van der Waals surface area contributed by atoms with E-state index in [4.69, 9.17) is 22.9 Å². The zero-order chi connectivity index (χ0) is 51.6. The minimum absolute atomic E-state index is 0.0693. The summed E-state index contributed by atoms with van der Waals surface area (Å²) >= 11 is 0. The highest BCUT2D eigenvalue weighted by molar-refractivity contribution is 5.97. The fourth-order valence-corrected chi connectivity index (χ4v) is 6.95. The van der Waals surface area contributed by atoms with E-state index in [-0.39, 0.29) is 37.2 Å². The third-order valence-electron chi connectivity index (χ3n) is 11.3. The number of benzene rings is 2. The fraction of sp³-hybridized carbons (Fsp3) is 0.543. The lowest BCUT2D eigenvalue weighted by molar-refractivity contribution is -0.143. The van der Waals surface area contributed by atoms with E-state index in [1.54, 1.807) is 13.8 Å². The van der Waals surface area contributed by atoms with Crippen LogP contribution in [0.4, 0.5) is 0 Å². The summed E-state index contributed by atoms with van der Waals surface area (Å²) in [5.74, 6) is -9.73. The van der Waals surface area contributed by atoms with Gasteiger partial charge in [-0.1, -0.05) is 51.0 Å². The molecule has 0 bridgehead atoms. The van der Waals surface area contributed by atoms with Gasteiger partial charge in [0.2, 0.25) is 41.4 Å². The average Bonchev–Trinajstić information content (AvgIpc) is 3.30. The van der Waals surface area contributed by atoms with E-state index in [1.807, 2.05) is 0 Å². The van der Waals surface area contributed by atoms with Crippen LogP contribution in [0, 0.1) is 5.92 Å². The minimum atomic E-state index is -1.66. The van der Waals surface area contributed by atoms with Gasteiger partial charge in [0, 0.05) is 25.7 Å². The van der Waals surface area contributed by atoms with Gasteiger partial charge in [-0.3, -0.25) is 38.4 Å². The van der Waals surface area contributed by atoms with Crippen molar-refractivity contribution >= 4 is 53.3 Å². The molecule has 23 heteroatoms. The number of carbonyl (C=O) groups excluding carboxylic acids is 7. The zero-order valence-corrected chi connectivity index (χ0v) is 39.1. The van der Waals surface area contributed by atoms with Crippen molar-refractivity contribution < 1.29 is 63.6 Å². The van der Waals surface area contributed by atoms with Crippen molar-refractivity contribution in [3.8, 4) is 11.5 Å². The van der Waals surface area contributed by atoms with E-state index >= 15 is 0 Å². The second kappa shape index (κ2) is 30.5. The molecule has 0 aliphatic rings. The number of unbranched alkanes of at least 4 members (excludes halogenated alkanes) is 2. The number of nitrogens with two attached hydrogens (primary N) is 4. The molecule has 0 saturated carbocycles. The molecule has 2 rings (SSSR count). The van der Waals surface area contributed by atoms with Crippen LogP contribution >= 0.6 is 0 Å². The van der Waals surface area contributed by atoms with Crippen LogP contribution in [0.5, 0.6) is 11.5 Å². The number of amides is 7. The van der Waals surface area contributed by atoms with E-state index in [0.29, 0.717) is 56.3 Å². The first-order valence-corrected chi connectivity index (χ1v) is 23.0. The number of hydrogen-bond donors (Lipinski definition) is 14. The summed E-state index contributed by atoms with van der Waals surface area (Å²) in [6, 6.07) is 1.46. The molecule has 0 aromatic heterocycles. The van der Waals surface area contributed by atoms with Gasteiger partial charge in [0.25, 0.3) is 0 Å². The Morgan fingerprint density at radius 3 is 1.36 bits per heavy atom. The van der Waals surface area contributed by atoms with Crippen molar-refractivity contribution in [1.29, 1.82) is 0 Å². The molecular weight excluding hydrogens is 901 g/mol. The number of carbonyl (C=O) groups is 9. The van der Waals surface area contributed by atoms with Gasteiger partial charge in [0.1, 0.15) is 47.8 Å². The molecule has 0 unspecified atom stereocenters. The molecule has 23 nitrogen and oxygen atoms in total. The van der Waals surface area contributed by atoms with E-state index in [1.165, 1.54) is 48.5 Å². The molecule has 8 atom stereocenters. The molecule has 69 heavy (non-hydrogen) atoms. The van der Waals surface area contributed by atoms with Gasteiger partial charge in [-0.25, -0.2) is 4.79 Å². The van der Waals surface area contributed by atoms with E-state index in [2.05, 4.69) is 31.9 Å². The summed E-state index contributed by atoms with van der Waals surface area (Å²) in [5, 5.41) is 54.2. The number of phenolic OH excluding ortho intramolecular Hbond substituents is 2. The molecule has 0 aliphatic heterocycles. The Balaban J connectivity index is 2.50. The van der Waals surface area contributed by atoms with Crippen LogP contribution in [0.15, 0.2) is 48.5 Å². The Hall–Kier alpha value is -6.85. The normalized spacial score (nSPS) is 14.5. The lowest BCUT2D eigenvalue weighted by Crippen LogP contribution is -2.61. The van der Waals surface area contributed by atoms with Gasteiger partial charge in [-0.2, -0.15) is 0 Å². The lowest BCUT2D eigenvalue weighted by Gasteiger charge is -2.29. The van der Waals surface area contributed by atoms with Gasteiger partial charge in [0.05, 0.1) is 6.04 Å². The maximum Gasteiger partial charge on any atom is 0.326 e. The second-order valence-corrected chi connectivity index (χ2v) is 16.9. The van der Waals surface area contributed by atoms with Gasteiger partial charge < -0.3 is 75.3 Å². The lowest BCUT2D eigenvalue weighted by atomic mass is 9.96. The Morgan fingerprint density at radius 1 is 0.522 bits per heavy atom. The Bertz CT molecular complexity index is 2020. The highest BCUT2D eigenvalue weighted by Gasteiger charge is 2.35. The summed E-state index contributed by atoms with van der Waals surface area (Å²) in [6.45, 7) is 4.08. The number of phenols is 2. The third-order valence-corrected chi connectivity index (χ3v) is 11.3. The molecule has 0 fully saturated rings. The maximum atomic E-state index is 14.2. The monoisotopic (exact) mass is 971 g/mol. The number of nitrogens with one attached hydrogen (secondary N) is 6. The molecule has 382 valence electrons. The molecule has 0 aliphatic carbocycles. The summed E-state index contributed by atoms with van der Waals surface area (Å²) in [4.78, 5) is 119. The minimum Gasteiger partial charge on any atom is -0.508 e. The predicted molar refractivity (Wildman–Crippen MR) is 251 cm³/mol. The molecule has 0 heterocycles. The molecule has 18 N–H and O–H groups in total. The summed E-state index contributed by atoms with van der Waals surface area (Å²) < 4.78 is 0. The number of aromatic hydroxyl groups is 2. The van der Waals surface area contributed by atoms with Crippen LogP contribution < -0.4 is 54.8 Å². The number of primary amides is 1. The van der Waals surface area contributed by atoms with Crippen LogP contribution in [0.1, 0.15) is 95.6 Å². The highest BCUT2D eigenvalue weighted by Crippen LogP contribution is 2.16. The first-order valence-electron chi connectivity index (χ1n) is 23.0. The first kappa shape index (κ1) is 58.3. The number of hydrogen-bond acceptors (Lipinski definition) is 14. The Labute approximate surface area is 400 Å². The quantitative estimate of drug-likeness (QED) is 0.0367. The third kappa shape index (κ3) is 21.8. The number of aliphatic carboxylic acids is 2. The highest BCUT2D eigenvalue weighted by atomic mass is 16.4. The van der Waals surface area contributed by atoms with Crippen LogP contribution in [-0.2, 0) is 56.0 Å². The van der Waals surface area contributed by atoms with Crippen molar-refractivity contribution in [2.75, 3.05) is 13.1 Å². The fourth-order valence-electron chi connectivity index (χ4n) is 6.95. The van der Waals surface area contributed by atoms with Crippen LogP contribution in [-0.4, -0.2) is 129 Å². The standard InChI is InChI=1S/C46H70N10O13/c1-3-26(2)39(45(67)53-34(46(68)69)9-5-7-23-48)56-44(66)36(25-28-12-16-30(58)17-13-28)55-42(64)32(18-20-37(50)59)51-41(63)33(19-21-38(60)61)52-43(65)35(24-27-10-14-29(57)15-11-27)54-40(62)31(49)8-4-6-22-47/h10-17,26,31-36,39,57-58H,3-9,18-25,47-49H2,1-2H3,(H2,50,59)(H,51,63)(H,52,65)(H,53,67)(H,54,62)(H,55,64)(H,56,66)(H,60,61)(H,68,69)/t26-,31-,32-,33-,34-,35-,36-,39-/m0/s1. The summed E-state index contributed by atoms with van der Waals surface area (Å²) in [6.07, 6.45) is 0.183. The number of rotatable bonds is 33. The van der Waals surface area contributed by atoms with Crippen molar-refractivity contribution in [1.82, 2.24) is 31.9 Å². The van der Waals surface area contributed by atoms with E-state index in [0.717, 1.165) is 0 Å². The van der Waals surface area contributed by atoms with Crippen LogP contribution in [0.2, 0.25) is 0 Å². The molecule has 0 saturated heterocycles. The Kier molecular flexibility index (Phi) is 25.8. The average molecular weight is 971 g/mol. The zero-order valence-electron chi connectivity index (χ0n) is 39.1. The van der Waals surface area contributed by atoms with Crippen molar-refractivity contribution in [3.05, 3.63) is 59.7 Å². The summed E-state index contributed by atoms with van der Waals surface area (Å²) in [7, 11) is 0. The van der Waals surface area contributed by atoms with Crippen molar-refractivity contribution in [2.45, 2.75) is 140 Å². The van der Waals surface area contributed by atoms with Crippen molar-refractivity contribution in [3.63, 3.8) is 0 Å². The summed E-state index contributed by atoms with van der Waals surface area (Å²) in [5.41, 5.74) is 23.5. The molecule has 0 spiro atoms. The molecular formula is C46H70N10O13. The maximum absolute atomic E-state index is 14.2. The topological polar surface area (TPSA) is 411 Å². The first-order chi connectivity index (χ1) is 32.7.